The molecule has 3 aromatic rings. The van der Waals surface area contributed by atoms with Crippen molar-refractivity contribution >= 4 is 44.9 Å². The minimum atomic E-state index is -0.954. The highest BCUT2D eigenvalue weighted by molar-refractivity contribution is 7.21. The van der Waals surface area contributed by atoms with Crippen molar-refractivity contribution in [2.75, 3.05) is 38.0 Å². The molecule has 2 aromatic heterocycles. The summed E-state index contributed by atoms with van der Waals surface area (Å²) in [5.74, 6) is 0.750. The number of hydrogen-bond acceptors (Lipinski definition) is 9. The maximum absolute atomic E-state index is 10.6. The largest absolute Gasteiger partial charge is 0.390 e. The molecule has 0 amide bonds. The van der Waals surface area contributed by atoms with Gasteiger partial charge in [-0.1, -0.05) is 23.7 Å². The van der Waals surface area contributed by atoms with E-state index in [4.69, 9.17) is 21.3 Å². The molecule has 1 aromatic carbocycles. The van der Waals surface area contributed by atoms with E-state index in [-0.39, 0.29) is 11.1 Å². The van der Waals surface area contributed by atoms with Crippen molar-refractivity contribution in [2.45, 2.75) is 24.7 Å². The molecule has 4 unspecified atom stereocenters. The van der Waals surface area contributed by atoms with E-state index in [2.05, 4.69) is 15.3 Å². The van der Waals surface area contributed by atoms with E-state index < -0.39 is 18.2 Å². The summed E-state index contributed by atoms with van der Waals surface area (Å²) < 4.78 is 6.21. The standard InChI is InChI=1S/C20H24ClN5O3S/c1-26(2)20-24-17(21)14(19-23-11-6-4-5-7-13(11)30-19)18(25-20)22-12-8-10(9-29-3)15(27)16(12)28/h4-7,10,12,15-16,27-28H,8-9H2,1-3H3,(H,22,24,25). The quantitative estimate of drug-likeness (QED) is 0.493. The van der Waals surface area contributed by atoms with Crippen molar-refractivity contribution in [3.8, 4) is 10.6 Å². The number of aliphatic hydroxyl groups excluding tert-OH is 2. The number of hydrogen-bond donors (Lipinski definition) is 3. The smallest absolute Gasteiger partial charge is 0.228 e. The molecule has 4 rings (SSSR count). The normalized spacial score (nSPS) is 23.8. The fourth-order valence-corrected chi connectivity index (χ4v) is 5.04. The number of para-hydroxylation sites is 1. The summed E-state index contributed by atoms with van der Waals surface area (Å²) >= 11 is 8.09. The van der Waals surface area contributed by atoms with E-state index >= 15 is 0 Å². The first-order valence-electron chi connectivity index (χ1n) is 9.61. The van der Waals surface area contributed by atoms with Gasteiger partial charge in [-0.25, -0.2) is 9.97 Å². The minimum absolute atomic E-state index is 0.168. The van der Waals surface area contributed by atoms with Gasteiger partial charge >= 0.3 is 0 Å². The fourth-order valence-electron chi connectivity index (χ4n) is 3.72. The molecule has 0 radical (unpaired) electrons. The van der Waals surface area contributed by atoms with Crippen LogP contribution >= 0.6 is 22.9 Å². The summed E-state index contributed by atoms with van der Waals surface area (Å²) in [6.45, 7) is 0.370. The molecule has 1 saturated carbocycles. The Balaban J connectivity index is 1.75. The highest BCUT2D eigenvalue weighted by Gasteiger charge is 2.42. The van der Waals surface area contributed by atoms with Gasteiger partial charge in [-0.2, -0.15) is 4.98 Å². The molecule has 8 nitrogen and oxygen atoms in total. The number of halogens is 1. The lowest BCUT2D eigenvalue weighted by Gasteiger charge is -2.21. The van der Waals surface area contributed by atoms with Gasteiger partial charge in [-0.3, -0.25) is 0 Å². The first kappa shape index (κ1) is 21.2. The summed E-state index contributed by atoms with van der Waals surface area (Å²) in [6, 6.07) is 7.43. The van der Waals surface area contributed by atoms with Crippen LogP contribution < -0.4 is 10.2 Å². The second-order valence-corrected chi connectivity index (χ2v) is 8.99. The molecule has 160 valence electrons. The van der Waals surface area contributed by atoms with Gasteiger partial charge in [0.15, 0.2) is 0 Å². The molecule has 0 aliphatic heterocycles. The van der Waals surface area contributed by atoms with Crippen molar-refractivity contribution in [1.29, 1.82) is 0 Å². The average Bonchev–Trinajstić information content (AvgIpc) is 3.24. The van der Waals surface area contributed by atoms with E-state index in [1.54, 1.807) is 12.0 Å². The minimum Gasteiger partial charge on any atom is -0.390 e. The van der Waals surface area contributed by atoms with Crippen molar-refractivity contribution in [2.24, 2.45) is 5.92 Å². The van der Waals surface area contributed by atoms with E-state index in [0.717, 1.165) is 10.2 Å². The van der Waals surface area contributed by atoms with E-state index in [9.17, 15) is 10.2 Å². The second kappa shape index (κ2) is 8.60. The molecule has 4 atom stereocenters. The molecule has 0 bridgehead atoms. The molecule has 1 fully saturated rings. The first-order chi connectivity index (χ1) is 14.4. The SMILES string of the molecule is COCC1CC(Nc2nc(N(C)C)nc(Cl)c2-c2nc3ccccc3s2)C(O)C1O. The third kappa shape index (κ3) is 3.95. The van der Waals surface area contributed by atoms with Gasteiger partial charge in [0.25, 0.3) is 0 Å². The van der Waals surface area contributed by atoms with Gasteiger partial charge in [0.05, 0.1) is 34.5 Å². The third-order valence-corrected chi connectivity index (χ3v) is 6.59. The lowest BCUT2D eigenvalue weighted by molar-refractivity contribution is -0.00195. The van der Waals surface area contributed by atoms with E-state index in [1.165, 1.54) is 11.3 Å². The van der Waals surface area contributed by atoms with Crippen LogP contribution in [0.2, 0.25) is 5.15 Å². The molecule has 1 aliphatic carbocycles. The highest BCUT2D eigenvalue weighted by atomic mass is 35.5. The Morgan fingerprint density at radius 1 is 1.20 bits per heavy atom. The lowest BCUT2D eigenvalue weighted by Crippen LogP contribution is -2.36. The monoisotopic (exact) mass is 449 g/mol. The molecule has 2 heterocycles. The topological polar surface area (TPSA) is 104 Å². The van der Waals surface area contributed by atoms with Crippen LogP contribution in [0.5, 0.6) is 0 Å². The lowest BCUT2D eigenvalue weighted by atomic mass is 10.1. The Labute approximate surface area is 183 Å². The average molecular weight is 450 g/mol. The zero-order valence-electron chi connectivity index (χ0n) is 16.9. The number of nitrogens with one attached hydrogen (secondary N) is 1. The molecule has 0 spiro atoms. The van der Waals surface area contributed by atoms with Crippen LogP contribution in [0.4, 0.5) is 11.8 Å². The van der Waals surface area contributed by atoms with Gasteiger partial charge in [0.1, 0.15) is 22.1 Å². The maximum Gasteiger partial charge on any atom is 0.228 e. The molecule has 3 N–H and O–H groups in total. The zero-order chi connectivity index (χ0) is 21.4. The summed E-state index contributed by atoms with van der Waals surface area (Å²) in [4.78, 5) is 15.5. The van der Waals surface area contributed by atoms with Crippen molar-refractivity contribution in [1.82, 2.24) is 15.0 Å². The van der Waals surface area contributed by atoms with Crippen LogP contribution in [0.3, 0.4) is 0 Å². The number of nitrogens with zero attached hydrogens (tertiary/aromatic N) is 4. The first-order valence-corrected chi connectivity index (χ1v) is 10.8. The number of methoxy groups -OCH3 is 1. The zero-order valence-corrected chi connectivity index (χ0v) is 18.5. The summed E-state index contributed by atoms with van der Waals surface area (Å²) in [6.07, 6.45) is -1.29. The summed E-state index contributed by atoms with van der Waals surface area (Å²) in [7, 11) is 5.24. The van der Waals surface area contributed by atoms with Crippen molar-refractivity contribution in [3.63, 3.8) is 0 Å². The number of aromatic nitrogens is 3. The Bertz CT molecular complexity index is 1010. The molecule has 30 heavy (non-hydrogen) atoms. The Morgan fingerprint density at radius 2 is 1.97 bits per heavy atom. The predicted octanol–water partition coefficient (Wildman–Crippen LogP) is 2.64. The van der Waals surface area contributed by atoms with Gasteiger partial charge in [-0.05, 0) is 18.6 Å². The number of fused-ring (bicyclic) bond motifs is 1. The van der Waals surface area contributed by atoms with Gasteiger partial charge < -0.3 is 25.2 Å². The van der Waals surface area contributed by atoms with Crippen LogP contribution in [-0.2, 0) is 4.74 Å². The van der Waals surface area contributed by atoms with Crippen LogP contribution in [-0.4, -0.2) is 71.2 Å². The highest BCUT2D eigenvalue weighted by Crippen LogP contribution is 2.40. The molecular weight excluding hydrogens is 426 g/mol. The van der Waals surface area contributed by atoms with E-state index in [1.807, 2.05) is 38.4 Å². The molecule has 1 aliphatic rings. The number of aliphatic hydroxyl groups is 2. The number of anilines is 2. The second-order valence-electron chi connectivity index (χ2n) is 7.60. The van der Waals surface area contributed by atoms with Gasteiger partial charge in [0.2, 0.25) is 5.95 Å². The molecule has 0 saturated heterocycles. The Kier molecular flexibility index (Phi) is 6.08. The maximum atomic E-state index is 10.6. The van der Waals surface area contributed by atoms with Crippen LogP contribution in [0.15, 0.2) is 24.3 Å². The van der Waals surface area contributed by atoms with Gasteiger partial charge in [-0.15, -0.1) is 11.3 Å². The van der Waals surface area contributed by atoms with Crippen LogP contribution in [0.25, 0.3) is 20.8 Å². The Morgan fingerprint density at radius 3 is 2.67 bits per heavy atom. The Hall–Kier alpha value is -2.04. The van der Waals surface area contributed by atoms with Gasteiger partial charge in [0, 0.05) is 27.1 Å². The summed E-state index contributed by atoms with van der Waals surface area (Å²) in [5.41, 5.74) is 1.45. The predicted molar refractivity (Wildman–Crippen MR) is 119 cm³/mol. The van der Waals surface area contributed by atoms with Crippen molar-refractivity contribution < 1.29 is 14.9 Å². The number of thiazole rings is 1. The molecular formula is C20H24ClN5O3S. The van der Waals surface area contributed by atoms with E-state index in [0.29, 0.717) is 35.4 Å². The fraction of sp³-hybridized carbons (Fsp3) is 0.450. The summed E-state index contributed by atoms with van der Waals surface area (Å²) in [5, 5.41) is 25.2. The van der Waals surface area contributed by atoms with Crippen molar-refractivity contribution in [3.05, 3.63) is 29.4 Å². The number of ether oxygens (including phenoxy) is 1. The van der Waals surface area contributed by atoms with Crippen LogP contribution in [0.1, 0.15) is 6.42 Å². The third-order valence-electron chi connectivity index (χ3n) is 5.27. The number of rotatable bonds is 6. The number of benzene rings is 1. The van der Waals surface area contributed by atoms with Crippen LogP contribution in [0, 0.1) is 5.92 Å². The molecule has 10 heteroatoms.